The minimum atomic E-state index is -1.06. The van der Waals surface area contributed by atoms with Crippen LogP contribution in [0.25, 0.3) is 11.0 Å². The first-order valence-electron chi connectivity index (χ1n) is 8.57. The van der Waals surface area contributed by atoms with Crippen LogP contribution in [0.1, 0.15) is 33.6 Å². The second kappa shape index (κ2) is 8.00. The lowest BCUT2D eigenvalue weighted by Crippen LogP contribution is -2.44. The normalized spacial score (nSPS) is 12.5. The minimum absolute atomic E-state index is 0.0521. The number of carboxylic acid groups (broad SMARTS) is 1. The zero-order chi connectivity index (χ0) is 18.6. The van der Waals surface area contributed by atoms with Gasteiger partial charge in [0, 0.05) is 19.5 Å². The lowest BCUT2D eigenvalue weighted by molar-refractivity contribution is -0.143. The molecule has 7 heteroatoms. The molecule has 0 aliphatic carbocycles. The number of aromatic nitrogens is 2. The summed E-state index contributed by atoms with van der Waals surface area (Å²) in [6.45, 7) is 6.31. The Balaban J connectivity index is 2.18. The molecule has 2 aromatic rings. The fourth-order valence-corrected chi connectivity index (χ4v) is 2.90. The van der Waals surface area contributed by atoms with Crippen molar-refractivity contribution in [1.82, 2.24) is 14.5 Å². The van der Waals surface area contributed by atoms with Gasteiger partial charge in [-0.1, -0.05) is 32.9 Å². The fraction of sp³-hybridized carbons (Fsp3) is 0.500. The first kappa shape index (κ1) is 18.8. The SMILES string of the molecule is CCCn1c(=O)n(CCC(=O)N[C@H](C(=O)O)C(C)C)c2ccccc21. The first-order chi connectivity index (χ1) is 11.9. The molecule has 0 unspecified atom stereocenters. The molecule has 0 radical (unpaired) electrons. The Morgan fingerprint density at radius 1 is 1.12 bits per heavy atom. The summed E-state index contributed by atoms with van der Waals surface area (Å²) in [5.41, 5.74) is 1.49. The smallest absolute Gasteiger partial charge is 0.329 e. The Hall–Kier alpha value is -2.57. The number of carboxylic acids is 1. The van der Waals surface area contributed by atoms with Crippen LogP contribution in [0.15, 0.2) is 29.1 Å². The molecule has 1 heterocycles. The Bertz CT molecular complexity index is 819. The number of nitrogens with one attached hydrogen (secondary N) is 1. The molecule has 2 N–H and O–H groups in total. The van der Waals surface area contributed by atoms with Crippen LogP contribution in [-0.4, -0.2) is 32.2 Å². The second-order valence-corrected chi connectivity index (χ2v) is 6.45. The van der Waals surface area contributed by atoms with Gasteiger partial charge in [0.1, 0.15) is 6.04 Å². The monoisotopic (exact) mass is 347 g/mol. The quantitative estimate of drug-likeness (QED) is 0.762. The van der Waals surface area contributed by atoms with E-state index in [1.807, 2.05) is 31.2 Å². The van der Waals surface area contributed by atoms with Crippen molar-refractivity contribution in [2.75, 3.05) is 0 Å². The molecular formula is C18H25N3O4. The van der Waals surface area contributed by atoms with Crippen LogP contribution in [0.3, 0.4) is 0 Å². The third kappa shape index (κ3) is 4.10. The van der Waals surface area contributed by atoms with Gasteiger partial charge in [0.05, 0.1) is 11.0 Å². The van der Waals surface area contributed by atoms with Gasteiger partial charge in [-0.25, -0.2) is 9.59 Å². The van der Waals surface area contributed by atoms with Crippen LogP contribution in [0.4, 0.5) is 0 Å². The van der Waals surface area contributed by atoms with Crippen LogP contribution in [-0.2, 0) is 22.7 Å². The van der Waals surface area contributed by atoms with E-state index >= 15 is 0 Å². The third-order valence-electron chi connectivity index (χ3n) is 4.18. The number of aryl methyl sites for hydroxylation is 2. The van der Waals surface area contributed by atoms with Gasteiger partial charge in [-0.3, -0.25) is 13.9 Å². The van der Waals surface area contributed by atoms with E-state index in [4.69, 9.17) is 5.11 Å². The number of nitrogens with zero attached hydrogens (tertiary/aromatic N) is 2. The Labute approximate surface area is 146 Å². The molecule has 1 aromatic carbocycles. The molecule has 1 amide bonds. The lowest BCUT2D eigenvalue weighted by atomic mass is 10.0. The van der Waals surface area contributed by atoms with Crippen LogP contribution in [0, 0.1) is 5.92 Å². The molecule has 7 nitrogen and oxygen atoms in total. The zero-order valence-electron chi connectivity index (χ0n) is 14.9. The summed E-state index contributed by atoms with van der Waals surface area (Å²) in [5, 5.41) is 11.7. The summed E-state index contributed by atoms with van der Waals surface area (Å²) in [7, 11) is 0. The molecule has 0 saturated carbocycles. The molecule has 0 spiro atoms. The summed E-state index contributed by atoms with van der Waals surface area (Å²) in [6, 6.07) is 6.56. The van der Waals surface area contributed by atoms with E-state index in [0.29, 0.717) is 6.54 Å². The summed E-state index contributed by atoms with van der Waals surface area (Å²) >= 11 is 0. The van der Waals surface area contributed by atoms with Crippen LogP contribution < -0.4 is 11.0 Å². The molecule has 0 aliphatic rings. The highest BCUT2D eigenvalue weighted by Gasteiger charge is 2.23. The molecule has 0 saturated heterocycles. The number of amides is 1. The number of carbonyl (C=O) groups excluding carboxylic acids is 1. The Morgan fingerprint density at radius 2 is 1.68 bits per heavy atom. The van der Waals surface area contributed by atoms with Crippen LogP contribution in [0.2, 0.25) is 0 Å². The van der Waals surface area contributed by atoms with Crippen molar-refractivity contribution in [3.63, 3.8) is 0 Å². The van der Waals surface area contributed by atoms with Crippen LogP contribution in [0.5, 0.6) is 0 Å². The largest absolute Gasteiger partial charge is 0.480 e. The number of carbonyl (C=O) groups is 2. The highest BCUT2D eigenvalue weighted by Crippen LogP contribution is 2.13. The second-order valence-electron chi connectivity index (χ2n) is 6.45. The summed E-state index contributed by atoms with van der Waals surface area (Å²) in [5.74, 6) is -1.64. The van der Waals surface area contributed by atoms with Crippen molar-refractivity contribution in [2.45, 2.75) is 52.7 Å². The average Bonchev–Trinajstić information content (AvgIpc) is 2.83. The highest BCUT2D eigenvalue weighted by atomic mass is 16.4. The zero-order valence-corrected chi connectivity index (χ0v) is 14.9. The average molecular weight is 347 g/mol. The maximum Gasteiger partial charge on any atom is 0.329 e. The number of aliphatic carboxylic acids is 1. The van der Waals surface area contributed by atoms with E-state index in [2.05, 4.69) is 5.32 Å². The molecule has 1 atom stereocenters. The van der Waals surface area contributed by atoms with Gasteiger partial charge in [-0.05, 0) is 24.5 Å². The van der Waals surface area contributed by atoms with E-state index in [1.54, 1.807) is 23.0 Å². The maximum atomic E-state index is 12.6. The number of fused-ring (bicyclic) bond motifs is 1. The molecule has 2 rings (SSSR count). The lowest BCUT2D eigenvalue weighted by Gasteiger charge is -2.17. The highest BCUT2D eigenvalue weighted by molar-refractivity contribution is 5.84. The van der Waals surface area contributed by atoms with Gasteiger partial charge >= 0.3 is 11.7 Å². The number of rotatable bonds is 8. The van der Waals surface area contributed by atoms with Gasteiger partial charge in [0.2, 0.25) is 5.91 Å². The van der Waals surface area contributed by atoms with Crippen molar-refractivity contribution >= 4 is 22.9 Å². The van der Waals surface area contributed by atoms with Gasteiger partial charge in [0.25, 0.3) is 0 Å². The number of para-hydroxylation sites is 2. The standard InChI is InChI=1S/C18H25N3O4/c1-4-10-20-13-7-5-6-8-14(13)21(18(20)25)11-9-15(22)19-16(12(2)3)17(23)24/h5-8,12,16H,4,9-11H2,1-3H3,(H,19,22)(H,23,24)/t16-/m0/s1. The molecule has 1 aromatic heterocycles. The number of imidazole rings is 1. The summed E-state index contributed by atoms with van der Waals surface area (Å²) in [4.78, 5) is 35.9. The van der Waals surface area contributed by atoms with Gasteiger partial charge < -0.3 is 10.4 Å². The van der Waals surface area contributed by atoms with E-state index < -0.39 is 12.0 Å². The Kier molecular flexibility index (Phi) is 6.01. The molecule has 0 bridgehead atoms. The molecule has 0 aliphatic heterocycles. The van der Waals surface area contributed by atoms with Gasteiger partial charge in [0.15, 0.2) is 0 Å². The van der Waals surface area contributed by atoms with E-state index in [-0.39, 0.29) is 30.5 Å². The third-order valence-corrected chi connectivity index (χ3v) is 4.18. The van der Waals surface area contributed by atoms with E-state index in [9.17, 15) is 14.4 Å². The van der Waals surface area contributed by atoms with Gasteiger partial charge in [-0.2, -0.15) is 0 Å². The first-order valence-corrected chi connectivity index (χ1v) is 8.57. The molecular weight excluding hydrogens is 322 g/mol. The maximum absolute atomic E-state index is 12.6. The van der Waals surface area contributed by atoms with E-state index in [1.165, 1.54) is 0 Å². The topological polar surface area (TPSA) is 93.3 Å². The predicted octanol–water partition coefficient (Wildman–Crippen LogP) is 1.83. The number of hydrogen-bond donors (Lipinski definition) is 2. The van der Waals surface area contributed by atoms with E-state index in [0.717, 1.165) is 17.5 Å². The van der Waals surface area contributed by atoms with Crippen molar-refractivity contribution < 1.29 is 14.7 Å². The van der Waals surface area contributed by atoms with Crippen molar-refractivity contribution in [3.05, 3.63) is 34.7 Å². The predicted molar refractivity (Wildman–Crippen MR) is 95.5 cm³/mol. The molecule has 25 heavy (non-hydrogen) atoms. The summed E-state index contributed by atoms with van der Waals surface area (Å²) < 4.78 is 3.29. The summed E-state index contributed by atoms with van der Waals surface area (Å²) in [6.07, 6.45) is 0.889. The van der Waals surface area contributed by atoms with Crippen molar-refractivity contribution in [2.24, 2.45) is 5.92 Å². The van der Waals surface area contributed by atoms with Gasteiger partial charge in [-0.15, -0.1) is 0 Å². The van der Waals surface area contributed by atoms with Crippen LogP contribution >= 0.6 is 0 Å². The Morgan fingerprint density at radius 3 is 2.16 bits per heavy atom. The molecule has 0 fully saturated rings. The van der Waals surface area contributed by atoms with Crippen molar-refractivity contribution in [3.8, 4) is 0 Å². The molecule has 136 valence electrons. The fourth-order valence-electron chi connectivity index (χ4n) is 2.90. The number of benzene rings is 1. The van der Waals surface area contributed by atoms with Crippen molar-refractivity contribution in [1.29, 1.82) is 0 Å². The minimum Gasteiger partial charge on any atom is -0.480 e. The number of hydrogen-bond acceptors (Lipinski definition) is 3.